The molecule has 0 unspecified atom stereocenters. The average Bonchev–Trinajstić information content (AvgIpc) is 3.28. The van der Waals surface area contributed by atoms with Crippen LogP contribution < -0.4 is 4.74 Å². The number of likely N-dealkylation sites (tertiary alicyclic amines) is 1. The number of hydrogen-bond acceptors (Lipinski definition) is 8. The molecule has 154 valence electrons. The lowest BCUT2D eigenvalue weighted by Gasteiger charge is -2.33. The van der Waals surface area contributed by atoms with Gasteiger partial charge in [-0.05, 0) is 53.4 Å². The van der Waals surface area contributed by atoms with Gasteiger partial charge in [-0.1, -0.05) is 23.4 Å². The lowest BCUT2D eigenvalue weighted by molar-refractivity contribution is -0.389. The van der Waals surface area contributed by atoms with Crippen LogP contribution in [0.25, 0.3) is 11.5 Å². The molecule has 1 fully saturated rings. The maximum atomic E-state index is 12.8. The Morgan fingerprint density at radius 1 is 1.17 bits per heavy atom. The molecule has 4 rings (SSSR count). The van der Waals surface area contributed by atoms with Gasteiger partial charge in [0.2, 0.25) is 17.4 Å². The van der Waals surface area contributed by atoms with Crippen molar-refractivity contribution in [2.45, 2.75) is 25.3 Å². The number of benzene rings is 1. The summed E-state index contributed by atoms with van der Waals surface area (Å²) < 4.78 is 11.0. The molecular formula is C20H19N5O5. The van der Waals surface area contributed by atoms with Crippen LogP contribution in [0.15, 0.2) is 53.1 Å². The van der Waals surface area contributed by atoms with Crippen LogP contribution in [-0.2, 0) is 4.79 Å². The van der Waals surface area contributed by atoms with E-state index in [1.807, 2.05) is 18.2 Å². The van der Waals surface area contributed by atoms with Crippen molar-refractivity contribution in [3.63, 3.8) is 0 Å². The molecule has 0 saturated carbocycles. The first-order valence-corrected chi connectivity index (χ1v) is 9.54. The Kier molecular flexibility index (Phi) is 5.64. The van der Waals surface area contributed by atoms with Gasteiger partial charge in [0.1, 0.15) is 11.8 Å². The minimum Gasteiger partial charge on any atom is -0.484 e. The number of rotatable bonds is 6. The molecule has 1 aliphatic rings. The normalized spacial score (nSPS) is 16.3. The van der Waals surface area contributed by atoms with Crippen LogP contribution >= 0.6 is 0 Å². The molecular weight excluding hydrogens is 390 g/mol. The van der Waals surface area contributed by atoms with E-state index in [2.05, 4.69) is 15.1 Å². The topological polar surface area (TPSA) is 124 Å². The van der Waals surface area contributed by atoms with Crippen LogP contribution in [0, 0.1) is 10.1 Å². The van der Waals surface area contributed by atoms with E-state index in [9.17, 15) is 14.9 Å². The minimum absolute atomic E-state index is 0.0893. The quantitative estimate of drug-likeness (QED) is 0.449. The Balaban J connectivity index is 1.50. The van der Waals surface area contributed by atoms with Crippen molar-refractivity contribution in [3.05, 3.63) is 64.5 Å². The van der Waals surface area contributed by atoms with Crippen molar-refractivity contribution in [1.82, 2.24) is 20.0 Å². The summed E-state index contributed by atoms with van der Waals surface area (Å²) in [5.41, 5.74) is 0.236. The fourth-order valence-electron chi connectivity index (χ4n) is 3.36. The molecule has 1 saturated heterocycles. The van der Waals surface area contributed by atoms with Gasteiger partial charge in [0.05, 0.1) is 0 Å². The van der Waals surface area contributed by atoms with Crippen molar-refractivity contribution < 1.29 is 19.0 Å². The maximum Gasteiger partial charge on any atom is 0.364 e. The molecule has 3 aromatic rings. The molecule has 1 aliphatic heterocycles. The number of piperidine rings is 1. The average molecular weight is 409 g/mol. The van der Waals surface area contributed by atoms with Gasteiger partial charge in [-0.2, -0.15) is 4.98 Å². The predicted octanol–water partition coefficient (Wildman–Crippen LogP) is 3.17. The standard InChI is InChI=1S/C20H19N5O5/c26-18(13-29-14-7-2-1-3-8-14)24-12-5-4-10-16(24)20-22-19(23-30-20)15-9-6-11-17(21-15)25(27)28/h1-3,6-9,11,16H,4-5,10,12-13H2/t16-/m1/s1. The molecule has 0 N–H and O–H groups in total. The molecule has 1 aromatic carbocycles. The Morgan fingerprint density at radius 3 is 2.80 bits per heavy atom. The molecule has 10 nitrogen and oxygen atoms in total. The second-order valence-electron chi connectivity index (χ2n) is 6.79. The van der Waals surface area contributed by atoms with Crippen LogP contribution in [0.5, 0.6) is 5.75 Å². The fraction of sp³-hybridized carbons (Fsp3) is 0.300. The Morgan fingerprint density at radius 2 is 2.00 bits per heavy atom. The maximum absolute atomic E-state index is 12.8. The third kappa shape index (κ3) is 4.27. The van der Waals surface area contributed by atoms with Crippen LogP contribution in [0.2, 0.25) is 0 Å². The highest BCUT2D eigenvalue weighted by Crippen LogP contribution is 2.31. The molecule has 0 spiro atoms. The SMILES string of the molecule is O=C(COc1ccccc1)N1CCCC[C@@H]1c1nc(-c2cccc([N+](=O)[O-])n2)no1. The summed E-state index contributed by atoms with van der Waals surface area (Å²) in [5.74, 6) is 0.581. The predicted molar refractivity (Wildman–Crippen MR) is 104 cm³/mol. The van der Waals surface area contributed by atoms with Crippen molar-refractivity contribution in [1.29, 1.82) is 0 Å². The summed E-state index contributed by atoms with van der Waals surface area (Å²) in [5, 5.41) is 14.9. The summed E-state index contributed by atoms with van der Waals surface area (Å²) in [4.78, 5) is 33.1. The zero-order valence-electron chi connectivity index (χ0n) is 16.0. The number of hydrogen-bond donors (Lipinski definition) is 0. The molecule has 2 aromatic heterocycles. The van der Waals surface area contributed by atoms with Crippen molar-refractivity contribution in [3.8, 4) is 17.3 Å². The number of ether oxygens (including phenoxy) is 1. The van der Waals surface area contributed by atoms with Gasteiger partial charge in [0.25, 0.3) is 5.91 Å². The third-order valence-electron chi connectivity index (χ3n) is 4.81. The Labute approximate surface area is 171 Å². The van der Waals surface area contributed by atoms with E-state index in [1.54, 1.807) is 23.1 Å². The largest absolute Gasteiger partial charge is 0.484 e. The minimum atomic E-state index is -0.585. The second-order valence-corrected chi connectivity index (χ2v) is 6.79. The Bertz CT molecular complexity index is 1040. The van der Waals surface area contributed by atoms with Gasteiger partial charge in [-0.3, -0.25) is 4.79 Å². The number of carbonyl (C=O) groups excluding carboxylic acids is 1. The van der Waals surface area contributed by atoms with Crippen LogP contribution in [-0.4, -0.2) is 44.0 Å². The summed E-state index contributed by atoms with van der Waals surface area (Å²) >= 11 is 0. The van der Waals surface area contributed by atoms with Crippen molar-refractivity contribution >= 4 is 11.7 Å². The van der Waals surface area contributed by atoms with Gasteiger partial charge < -0.3 is 24.3 Å². The number of carbonyl (C=O) groups is 1. The number of amides is 1. The van der Waals surface area contributed by atoms with Crippen LogP contribution in [0.3, 0.4) is 0 Å². The number of pyridine rings is 1. The number of nitro groups is 1. The lowest BCUT2D eigenvalue weighted by atomic mass is 10.0. The Hall–Kier alpha value is -3.82. The smallest absolute Gasteiger partial charge is 0.364 e. The molecule has 1 atom stereocenters. The fourth-order valence-corrected chi connectivity index (χ4v) is 3.36. The summed E-state index contributed by atoms with van der Waals surface area (Å²) in [6.45, 7) is 0.475. The monoisotopic (exact) mass is 409 g/mol. The van der Waals surface area contributed by atoms with E-state index in [-0.39, 0.29) is 41.8 Å². The molecule has 10 heteroatoms. The first-order chi connectivity index (χ1) is 14.6. The summed E-state index contributed by atoms with van der Waals surface area (Å²) in [7, 11) is 0. The van der Waals surface area contributed by atoms with Crippen LogP contribution in [0.4, 0.5) is 5.82 Å². The van der Waals surface area contributed by atoms with Crippen molar-refractivity contribution in [2.75, 3.05) is 13.2 Å². The van der Waals surface area contributed by atoms with E-state index in [0.29, 0.717) is 18.7 Å². The number of aromatic nitrogens is 3. The van der Waals surface area contributed by atoms with Gasteiger partial charge in [-0.15, -0.1) is 0 Å². The third-order valence-corrected chi connectivity index (χ3v) is 4.81. The summed E-state index contributed by atoms with van der Waals surface area (Å²) in [6, 6.07) is 13.1. The van der Waals surface area contributed by atoms with Crippen molar-refractivity contribution in [2.24, 2.45) is 0 Å². The lowest BCUT2D eigenvalue weighted by Crippen LogP contribution is -2.41. The molecule has 30 heavy (non-hydrogen) atoms. The highest BCUT2D eigenvalue weighted by atomic mass is 16.6. The zero-order valence-corrected chi connectivity index (χ0v) is 16.0. The molecule has 0 radical (unpaired) electrons. The molecule has 3 heterocycles. The van der Waals surface area contributed by atoms with E-state index < -0.39 is 4.92 Å². The van der Waals surface area contributed by atoms with Crippen LogP contribution in [0.1, 0.15) is 31.2 Å². The molecule has 0 aliphatic carbocycles. The van der Waals surface area contributed by atoms with Gasteiger partial charge in [-0.25, -0.2) is 0 Å². The van der Waals surface area contributed by atoms with E-state index in [4.69, 9.17) is 9.26 Å². The van der Waals surface area contributed by atoms with E-state index in [0.717, 1.165) is 12.8 Å². The molecule has 0 bridgehead atoms. The first kappa shape index (κ1) is 19.5. The number of para-hydroxylation sites is 1. The van der Waals surface area contributed by atoms with E-state index >= 15 is 0 Å². The first-order valence-electron chi connectivity index (χ1n) is 9.54. The highest BCUT2D eigenvalue weighted by Gasteiger charge is 2.33. The zero-order chi connectivity index (χ0) is 20.9. The van der Waals surface area contributed by atoms with Gasteiger partial charge in [0, 0.05) is 12.6 Å². The highest BCUT2D eigenvalue weighted by molar-refractivity contribution is 5.78. The van der Waals surface area contributed by atoms with Gasteiger partial charge in [0.15, 0.2) is 6.61 Å². The van der Waals surface area contributed by atoms with Gasteiger partial charge >= 0.3 is 5.82 Å². The summed E-state index contributed by atoms with van der Waals surface area (Å²) in [6.07, 6.45) is 2.48. The molecule has 1 amide bonds. The number of nitrogens with zero attached hydrogens (tertiary/aromatic N) is 5. The van der Waals surface area contributed by atoms with E-state index in [1.165, 1.54) is 12.1 Å². The second kappa shape index (κ2) is 8.68.